The normalized spacial score (nSPS) is 10.3. The third kappa shape index (κ3) is 2.75. The van der Waals surface area contributed by atoms with E-state index in [1.165, 1.54) is 6.20 Å². The van der Waals surface area contributed by atoms with Crippen molar-refractivity contribution < 1.29 is 4.79 Å². The Labute approximate surface area is 109 Å². The van der Waals surface area contributed by atoms with E-state index in [9.17, 15) is 4.79 Å². The lowest BCUT2D eigenvalue weighted by molar-refractivity contribution is 0.100. The van der Waals surface area contributed by atoms with E-state index in [4.69, 9.17) is 23.1 Å². The lowest BCUT2D eigenvalue weighted by atomic mass is 10.1. The van der Waals surface area contributed by atoms with Crippen molar-refractivity contribution in [1.29, 1.82) is 0 Å². The van der Waals surface area contributed by atoms with Gasteiger partial charge in [0.1, 0.15) is 11.6 Å². The molecule has 0 atom stereocenters. The van der Waals surface area contributed by atoms with Gasteiger partial charge in [-0.05, 0) is 17.7 Å². The maximum Gasteiger partial charge on any atom is 0.254 e. The monoisotopic (exact) mass is 262 g/mol. The molecule has 0 aliphatic rings. The molecule has 2 aromatic rings. The number of hydrogen-bond donors (Lipinski definition) is 2. The second-order valence-electron chi connectivity index (χ2n) is 3.75. The first-order chi connectivity index (χ1) is 8.56. The molecule has 0 radical (unpaired) electrons. The molecule has 1 aromatic heterocycles. The van der Waals surface area contributed by atoms with Crippen molar-refractivity contribution >= 4 is 23.3 Å². The van der Waals surface area contributed by atoms with Gasteiger partial charge in [0.05, 0.1) is 5.56 Å². The third-order valence-electron chi connectivity index (χ3n) is 2.41. The van der Waals surface area contributed by atoms with Crippen LogP contribution in [-0.4, -0.2) is 15.9 Å². The zero-order valence-corrected chi connectivity index (χ0v) is 10.2. The topological polar surface area (TPSA) is 94.9 Å². The Morgan fingerprint density at radius 2 is 1.94 bits per heavy atom. The van der Waals surface area contributed by atoms with Crippen molar-refractivity contribution in [3.05, 3.63) is 52.4 Å². The van der Waals surface area contributed by atoms with Gasteiger partial charge in [-0.3, -0.25) is 4.79 Å². The van der Waals surface area contributed by atoms with E-state index in [0.717, 1.165) is 5.56 Å². The molecule has 0 saturated carbocycles. The minimum absolute atomic E-state index is 0.0986. The largest absolute Gasteiger partial charge is 0.383 e. The molecule has 0 fully saturated rings. The van der Waals surface area contributed by atoms with Gasteiger partial charge in [-0.15, -0.1) is 0 Å². The molecular weight excluding hydrogens is 252 g/mol. The summed E-state index contributed by atoms with van der Waals surface area (Å²) in [6.45, 7) is 0. The van der Waals surface area contributed by atoms with E-state index >= 15 is 0 Å². The predicted molar refractivity (Wildman–Crippen MR) is 69.2 cm³/mol. The maximum absolute atomic E-state index is 11.0. The molecular formula is C12H11ClN4O. The summed E-state index contributed by atoms with van der Waals surface area (Å²) >= 11 is 5.79. The number of carbonyl (C=O) groups is 1. The van der Waals surface area contributed by atoms with Crippen LogP contribution in [0.15, 0.2) is 30.5 Å². The number of benzene rings is 1. The molecule has 0 aliphatic carbocycles. The fraction of sp³-hybridized carbons (Fsp3) is 0.0833. The Kier molecular flexibility index (Phi) is 3.43. The van der Waals surface area contributed by atoms with Crippen LogP contribution in [0.25, 0.3) is 0 Å². The summed E-state index contributed by atoms with van der Waals surface area (Å²) in [6.07, 6.45) is 1.86. The number of rotatable bonds is 3. The summed E-state index contributed by atoms with van der Waals surface area (Å²) in [5.74, 6) is -0.00757. The van der Waals surface area contributed by atoms with Crippen molar-refractivity contribution in [2.24, 2.45) is 5.73 Å². The number of aromatic nitrogens is 2. The Balaban J connectivity index is 2.22. The molecule has 6 heteroatoms. The van der Waals surface area contributed by atoms with Crippen LogP contribution < -0.4 is 11.5 Å². The maximum atomic E-state index is 11.0. The summed E-state index contributed by atoms with van der Waals surface area (Å²) in [4.78, 5) is 19.1. The van der Waals surface area contributed by atoms with Crippen molar-refractivity contribution in [1.82, 2.24) is 9.97 Å². The molecule has 4 N–H and O–H groups in total. The van der Waals surface area contributed by atoms with E-state index in [-0.39, 0.29) is 11.4 Å². The van der Waals surface area contributed by atoms with Gasteiger partial charge in [0.25, 0.3) is 5.91 Å². The van der Waals surface area contributed by atoms with Gasteiger partial charge in [0, 0.05) is 17.6 Å². The smallest absolute Gasteiger partial charge is 0.254 e. The molecule has 1 amide bonds. The fourth-order valence-corrected chi connectivity index (χ4v) is 1.62. The minimum Gasteiger partial charge on any atom is -0.383 e. The highest BCUT2D eigenvalue weighted by molar-refractivity contribution is 6.30. The first-order valence-corrected chi connectivity index (χ1v) is 5.59. The van der Waals surface area contributed by atoms with Crippen LogP contribution in [0.4, 0.5) is 5.82 Å². The number of nitrogens with two attached hydrogens (primary N) is 2. The van der Waals surface area contributed by atoms with Gasteiger partial charge < -0.3 is 11.5 Å². The molecule has 5 nitrogen and oxygen atoms in total. The number of halogens is 1. The highest BCUT2D eigenvalue weighted by atomic mass is 35.5. The Hall–Kier alpha value is -2.14. The van der Waals surface area contributed by atoms with E-state index in [0.29, 0.717) is 17.3 Å². The summed E-state index contributed by atoms with van der Waals surface area (Å²) in [7, 11) is 0. The Morgan fingerprint density at radius 1 is 1.28 bits per heavy atom. The van der Waals surface area contributed by atoms with Crippen LogP contribution in [0.1, 0.15) is 21.7 Å². The third-order valence-corrected chi connectivity index (χ3v) is 2.66. The van der Waals surface area contributed by atoms with Crippen LogP contribution >= 0.6 is 11.6 Å². The van der Waals surface area contributed by atoms with Gasteiger partial charge in [-0.25, -0.2) is 9.97 Å². The standard InChI is InChI=1S/C12H11ClN4O/c13-8-3-1-7(2-4-8)5-10-16-6-9(12(15)18)11(14)17-10/h1-4,6H,5H2,(H2,15,18)(H2,14,16,17). The van der Waals surface area contributed by atoms with Gasteiger partial charge >= 0.3 is 0 Å². The minimum atomic E-state index is -0.634. The molecule has 18 heavy (non-hydrogen) atoms. The quantitative estimate of drug-likeness (QED) is 0.874. The van der Waals surface area contributed by atoms with E-state index in [2.05, 4.69) is 9.97 Å². The molecule has 0 saturated heterocycles. The first kappa shape index (κ1) is 12.3. The molecule has 0 spiro atoms. The number of hydrogen-bond acceptors (Lipinski definition) is 4. The average molecular weight is 263 g/mol. The summed E-state index contributed by atoms with van der Waals surface area (Å²) < 4.78 is 0. The lowest BCUT2D eigenvalue weighted by Crippen LogP contribution is -2.16. The molecule has 1 heterocycles. The van der Waals surface area contributed by atoms with Crippen LogP contribution in [0.5, 0.6) is 0 Å². The second-order valence-corrected chi connectivity index (χ2v) is 4.19. The molecule has 0 aliphatic heterocycles. The number of primary amides is 1. The van der Waals surface area contributed by atoms with Crippen molar-refractivity contribution in [3.8, 4) is 0 Å². The second kappa shape index (κ2) is 5.01. The number of carbonyl (C=O) groups excluding carboxylic acids is 1. The molecule has 0 bridgehead atoms. The van der Waals surface area contributed by atoms with Crippen molar-refractivity contribution in [2.75, 3.05) is 5.73 Å². The SMILES string of the molecule is NC(=O)c1cnc(Cc2ccc(Cl)cc2)nc1N. The molecule has 92 valence electrons. The van der Waals surface area contributed by atoms with Crippen molar-refractivity contribution in [3.63, 3.8) is 0 Å². The van der Waals surface area contributed by atoms with Gasteiger partial charge in [0.2, 0.25) is 0 Å². The molecule has 1 aromatic carbocycles. The Bertz CT molecular complexity index is 583. The highest BCUT2D eigenvalue weighted by Crippen LogP contribution is 2.13. The van der Waals surface area contributed by atoms with E-state index in [1.807, 2.05) is 12.1 Å². The van der Waals surface area contributed by atoms with E-state index in [1.54, 1.807) is 12.1 Å². The summed E-state index contributed by atoms with van der Waals surface area (Å²) in [5.41, 5.74) is 11.9. The van der Waals surface area contributed by atoms with Crippen LogP contribution in [0.2, 0.25) is 5.02 Å². The predicted octanol–water partition coefficient (Wildman–Crippen LogP) is 1.40. The number of amides is 1. The number of nitrogen functional groups attached to an aromatic ring is 1. The van der Waals surface area contributed by atoms with Crippen LogP contribution in [0.3, 0.4) is 0 Å². The summed E-state index contributed by atoms with van der Waals surface area (Å²) in [5, 5.41) is 0.670. The fourth-order valence-electron chi connectivity index (χ4n) is 1.49. The average Bonchev–Trinajstić information content (AvgIpc) is 2.32. The lowest BCUT2D eigenvalue weighted by Gasteiger charge is -2.04. The summed E-state index contributed by atoms with van der Waals surface area (Å²) in [6, 6.07) is 7.34. The van der Waals surface area contributed by atoms with Crippen LogP contribution in [-0.2, 0) is 6.42 Å². The van der Waals surface area contributed by atoms with Gasteiger partial charge in [0.15, 0.2) is 0 Å². The number of nitrogens with zero attached hydrogens (tertiary/aromatic N) is 2. The highest BCUT2D eigenvalue weighted by Gasteiger charge is 2.09. The van der Waals surface area contributed by atoms with Crippen molar-refractivity contribution in [2.45, 2.75) is 6.42 Å². The van der Waals surface area contributed by atoms with Crippen LogP contribution in [0, 0.1) is 0 Å². The first-order valence-electron chi connectivity index (χ1n) is 5.22. The Morgan fingerprint density at radius 3 is 2.50 bits per heavy atom. The van der Waals surface area contributed by atoms with Gasteiger partial charge in [-0.2, -0.15) is 0 Å². The van der Waals surface area contributed by atoms with Gasteiger partial charge in [-0.1, -0.05) is 23.7 Å². The molecule has 2 rings (SSSR count). The van der Waals surface area contributed by atoms with E-state index < -0.39 is 5.91 Å². The molecule has 0 unspecified atom stereocenters. The number of anilines is 1. The zero-order valence-electron chi connectivity index (χ0n) is 9.43. The zero-order chi connectivity index (χ0) is 13.1.